The minimum atomic E-state index is -0.274. The molecule has 1 atom stereocenters. The number of amides is 2. The molecule has 0 saturated carbocycles. The fourth-order valence-electron chi connectivity index (χ4n) is 3.48. The Balaban J connectivity index is 1.70. The fourth-order valence-corrected chi connectivity index (χ4v) is 4.00. The average molecular weight is 400 g/mol. The molecule has 0 radical (unpaired) electrons. The number of fused-ring (bicyclic) bond motifs is 1. The Kier molecular flexibility index (Phi) is 4.85. The molecule has 4 rings (SSSR count). The van der Waals surface area contributed by atoms with E-state index < -0.39 is 0 Å². The zero-order valence-electron chi connectivity index (χ0n) is 14.8. The number of anilines is 1. The number of nitrogens with one attached hydrogen (secondary N) is 1. The Hall–Kier alpha value is -2.43. The summed E-state index contributed by atoms with van der Waals surface area (Å²) in [7, 11) is 0. The number of halogens is 2. The summed E-state index contributed by atoms with van der Waals surface area (Å²) < 4.78 is 2.16. The van der Waals surface area contributed by atoms with Gasteiger partial charge in [0.1, 0.15) is 6.04 Å². The van der Waals surface area contributed by atoms with Crippen molar-refractivity contribution in [2.75, 3.05) is 11.9 Å². The SMILES string of the molecule is Cc1ccc(NC(=O)N2CCn3cccc3[C@H]2c2ccc(Cl)cc2Cl)cc1. The predicted octanol–water partition coefficient (Wildman–Crippen LogP) is 5.74. The molecule has 2 amide bonds. The molecule has 1 aromatic heterocycles. The first kappa shape index (κ1) is 18.0. The lowest BCUT2D eigenvalue weighted by atomic mass is 10.00. The van der Waals surface area contributed by atoms with Crippen molar-refractivity contribution in [3.8, 4) is 0 Å². The first-order chi connectivity index (χ1) is 13.0. The average Bonchev–Trinajstić information content (AvgIpc) is 3.12. The van der Waals surface area contributed by atoms with Crippen LogP contribution in [0.15, 0.2) is 60.8 Å². The summed E-state index contributed by atoms with van der Waals surface area (Å²) in [5.41, 5.74) is 3.81. The third-order valence-electron chi connectivity index (χ3n) is 4.86. The van der Waals surface area contributed by atoms with Gasteiger partial charge in [-0.2, -0.15) is 0 Å². The lowest BCUT2D eigenvalue weighted by Gasteiger charge is -2.37. The molecule has 0 spiro atoms. The van der Waals surface area contributed by atoms with E-state index in [2.05, 4.69) is 9.88 Å². The molecule has 27 heavy (non-hydrogen) atoms. The standard InChI is InChI=1S/C21H19Cl2N3O/c1-14-4-7-16(8-5-14)24-21(27)26-12-11-25-10-2-3-19(25)20(26)17-9-6-15(22)13-18(17)23/h2-10,13,20H,11-12H2,1H3,(H,24,27)/t20-/m1/s1. The second kappa shape index (κ2) is 7.29. The maximum Gasteiger partial charge on any atom is 0.322 e. The van der Waals surface area contributed by atoms with Gasteiger partial charge >= 0.3 is 6.03 Å². The van der Waals surface area contributed by atoms with E-state index in [9.17, 15) is 4.79 Å². The number of carbonyl (C=O) groups is 1. The Morgan fingerprint density at radius 3 is 2.59 bits per heavy atom. The molecule has 138 valence electrons. The summed E-state index contributed by atoms with van der Waals surface area (Å²) in [4.78, 5) is 14.9. The molecule has 6 heteroatoms. The highest BCUT2D eigenvalue weighted by Crippen LogP contribution is 2.37. The van der Waals surface area contributed by atoms with Gasteiger partial charge in [-0.25, -0.2) is 4.79 Å². The van der Waals surface area contributed by atoms with Crippen molar-refractivity contribution in [1.29, 1.82) is 0 Å². The van der Waals surface area contributed by atoms with Gasteiger partial charge in [0, 0.05) is 40.7 Å². The van der Waals surface area contributed by atoms with E-state index in [-0.39, 0.29) is 12.1 Å². The van der Waals surface area contributed by atoms with Crippen LogP contribution in [0, 0.1) is 6.92 Å². The number of hydrogen-bond acceptors (Lipinski definition) is 1. The molecular weight excluding hydrogens is 381 g/mol. The smallest absolute Gasteiger partial charge is 0.322 e. The van der Waals surface area contributed by atoms with Crippen molar-refractivity contribution in [1.82, 2.24) is 9.47 Å². The van der Waals surface area contributed by atoms with Crippen LogP contribution in [0.25, 0.3) is 0 Å². The van der Waals surface area contributed by atoms with E-state index in [1.54, 1.807) is 12.1 Å². The Morgan fingerprint density at radius 2 is 1.85 bits per heavy atom. The molecule has 2 heterocycles. The number of benzene rings is 2. The quantitative estimate of drug-likeness (QED) is 0.585. The highest BCUT2D eigenvalue weighted by molar-refractivity contribution is 6.35. The monoisotopic (exact) mass is 399 g/mol. The fraction of sp³-hybridized carbons (Fsp3) is 0.190. The third-order valence-corrected chi connectivity index (χ3v) is 5.42. The highest BCUT2D eigenvalue weighted by Gasteiger charge is 2.33. The van der Waals surface area contributed by atoms with Gasteiger partial charge in [-0.1, -0.05) is 47.0 Å². The van der Waals surface area contributed by atoms with E-state index in [1.807, 2.05) is 60.5 Å². The summed E-state index contributed by atoms with van der Waals surface area (Å²) in [6, 6.07) is 16.8. The van der Waals surface area contributed by atoms with Gasteiger partial charge in [0.25, 0.3) is 0 Å². The van der Waals surface area contributed by atoms with Crippen LogP contribution in [0.4, 0.5) is 10.5 Å². The zero-order chi connectivity index (χ0) is 19.0. The predicted molar refractivity (Wildman–Crippen MR) is 110 cm³/mol. The van der Waals surface area contributed by atoms with Crippen LogP contribution in [-0.4, -0.2) is 22.0 Å². The van der Waals surface area contributed by atoms with Gasteiger partial charge in [-0.3, -0.25) is 0 Å². The zero-order valence-corrected chi connectivity index (χ0v) is 16.3. The number of aromatic nitrogens is 1. The van der Waals surface area contributed by atoms with Crippen LogP contribution in [0.5, 0.6) is 0 Å². The maximum atomic E-state index is 13.1. The number of aryl methyl sites for hydroxylation is 1. The minimum Gasteiger partial charge on any atom is -0.348 e. The summed E-state index contributed by atoms with van der Waals surface area (Å²) in [5.74, 6) is 0. The van der Waals surface area contributed by atoms with Crippen LogP contribution in [0.3, 0.4) is 0 Å². The minimum absolute atomic E-state index is 0.151. The van der Waals surface area contributed by atoms with Gasteiger partial charge < -0.3 is 14.8 Å². The van der Waals surface area contributed by atoms with Crippen LogP contribution in [-0.2, 0) is 6.54 Å². The van der Waals surface area contributed by atoms with Gasteiger partial charge in [0.15, 0.2) is 0 Å². The van der Waals surface area contributed by atoms with Crippen molar-refractivity contribution in [2.24, 2.45) is 0 Å². The lowest BCUT2D eigenvalue weighted by molar-refractivity contribution is 0.182. The molecule has 4 nitrogen and oxygen atoms in total. The summed E-state index contributed by atoms with van der Waals surface area (Å²) in [6.07, 6.45) is 2.03. The first-order valence-corrected chi connectivity index (χ1v) is 9.53. The number of carbonyl (C=O) groups excluding carboxylic acids is 1. The van der Waals surface area contributed by atoms with Gasteiger partial charge in [-0.05, 0) is 48.9 Å². The largest absolute Gasteiger partial charge is 0.348 e. The lowest BCUT2D eigenvalue weighted by Crippen LogP contribution is -2.44. The molecule has 3 aromatic rings. The van der Waals surface area contributed by atoms with E-state index in [4.69, 9.17) is 23.2 Å². The molecule has 0 aliphatic carbocycles. The first-order valence-electron chi connectivity index (χ1n) is 8.77. The van der Waals surface area contributed by atoms with Crippen LogP contribution >= 0.6 is 23.2 Å². The number of nitrogens with zero attached hydrogens (tertiary/aromatic N) is 2. The second-order valence-corrected chi connectivity index (χ2v) is 7.53. The molecule has 0 fully saturated rings. The number of hydrogen-bond donors (Lipinski definition) is 1. The van der Waals surface area contributed by atoms with Crippen LogP contribution < -0.4 is 5.32 Å². The van der Waals surface area contributed by atoms with Crippen LogP contribution in [0.2, 0.25) is 10.0 Å². The third kappa shape index (κ3) is 3.55. The highest BCUT2D eigenvalue weighted by atomic mass is 35.5. The van der Waals surface area contributed by atoms with Gasteiger partial charge in [-0.15, -0.1) is 0 Å². The van der Waals surface area contributed by atoms with Crippen molar-refractivity contribution >= 4 is 34.9 Å². The molecule has 1 N–H and O–H groups in total. The van der Waals surface area contributed by atoms with Crippen molar-refractivity contribution in [3.05, 3.63) is 87.7 Å². The topological polar surface area (TPSA) is 37.3 Å². The molecule has 0 bridgehead atoms. The molecule has 1 aliphatic heterocycles. The van der Waals surface area contributed by atoms with Crippen molar-refractivity contribution in [2.45, 2.75) is 19.5 Å². The van der Waals surface area contributed by atoms with Crippen molar-refractivity contribution < 1.29 is 4.79 Å². The maximum absolute atomic E-state index is 13.1. The van der Waals surface area contributed by atoms with Gasteiger partial charge in [0.05, 0.1) is 0 Å². The summed E-state index contributed by atoms with van der Waals surface area (Å²) >= 11 is 12.6. The van der Waals surface area contributed by atoms with Crippen molar-refractivity contribution in [3.63, 3.8) is 0 Å². The normalized spacial score (nSPS) is 16.1. The van der Waals surface area contributed by atoms with E-state index in [0.29, 0.717) is 16.6 Å². The van der Waals surface area contributed by atoms with Crippen LogP contribution in [0.1, 0.15) is 22.9 Å². The second-order valence-electron chi connectivity index (χ2n) is 6.68. The van der Waals surface area contributed by atoms with Gasteiger partial charge in [0.2, 0.25) is 0 Å². The number of rotatable bonds is 2. The Morgan fingerprint density at radius 1 is 1.07 bits per heavy atom. The molecule has 0 saturated heterocycles. The Bertz CT molecular complexity index is 981. The molecule has 1 aliphatic rings. The summed E-state index contributed by atoms with van der Waals surface area (Å²) in [5, 5.41) is 4.13. The van der Waals surface area contributed by atoms with E-state index in [1.165, 1.54) is 0 Å². The molecule has 0 unspecified atom stereocenters. The molecule has 2 aromatic carbocycles. The number of urea groups is 1. The summed E-state index contributed by atoms with van der Waals surface area (Å²) in [6.45, 7) is 3.34. The van der Waals surface area contributed by atoms with E-state index >= 15 is 0 Å². The molecular formula is C21H19Cl2N3O. The van der Waals surface area contributed by atoms with E-state index in [0.717, 1.165) is 29.1 Å². The Labute approximate surface area is 168 Å².